The molecule has 2 rings (SSSR count). The predicted molar refractivity (Wildman–Crippen MR) is 121 cm³/mol. The Labute approximate surface area is 175 Å². The van der Waals surface area contributed by atoms with Crippen LogP contribution in [0.1, 0.15) is 71.4 Å². The first-order chi connectivity index (χ1) is 12.4. The van der Waals surface area contributed by atoms with Crippen LogP contribution in [0.2, 0.25) is 18.1 Å². The highest BCUT2D eigenvalue weighted by Gasteiger charge is 2.42. The molecule has 0 saturated heterocycles. The first kappa shape index (κ1) is 23.1. The summed E-state index contributed by atoms with van der Waals surface area (Å²) in [4.78, 5) is 0. The third-order valence-corrected chi connectivity index (χ3v) is 11.5. The zero-order valence-corrected chi connectivity index (χ0v) is 20.5. The van der Waals surface area contributed by atoms with Gasteiger partial charge in [-0.2, -0.15) is 0 Å². The summed E-state index contributed by atoms with van der Waals surface area (Å²) in [5.41, 5.74) is 0.672. The van der Waals surface area contributed by atoms with Crippen LogP contribution in [0.25, 0.3) is 0 Å². The normalized spacial score (nSPS) is 25.4. The van der Waals surface area contributed by atoms with Crippen molar-refractivity contribution in [3.63, 3.8) is 0 Å². The number of nitrogens with one attached hydrogen (secondary N) is 1. The minimum atomic E-state index is -1.78. The number of halogens is 1. The number of rotatable bonds is 7. The third-order valence-electron chi connectivity index (χ3n) is 6.45. The maximum atomic E-state index is 11.2. The number of hydrogen-bond donors (Lipinski definition) is 2. The standard InChI is InChI=1S/C22H38BrNO2Si/c1-17(18-9-11-19(23)12-10-18)24-15-14-22(25)13-7-8-20(16-22)26-27(5,6)21(2,3)4/h9-12,17,20,24-25H,7-8,13-16H2,1-6H3/t17-,20-,22-/m0/s1. The minimum Gasteiger partial charge on any atom is -0.414 e. The summed E-state index contributed by atoms with van der Waals surface area (Å²) in [5, 5.41) is 14.9. The van der Waals surface area contributed by atoms with Gasteiger partial charge in [0.25, 0.3) is 0 Å². The van der Waals surface area contributed by atoms with E-state index in [1.165, 1.54) is 5.56 Å². The molecule has 1 fully saturated rings. The first-order valence-electron chi connectivity index (χ1n) is 10.3. The van der Waals surface area contributed by atoms with Gasteiger partial charge in [-0.1, -0.05) is 48.8 Å². The molecule has 5 heteroatoms. The van der Waals surface area contributed by atoms with Crippen molar-refractivity contribution in [1.82, 2.24) is 5.32 Å². The van der Waals surface area contributed by atoms with E-state index in [0.717, 1.165) is 43.1 Å². The predicted octanol–water partition coefficient (Wildman–Crippen LogP) is 6.19. The molecule has 3 nitrogen and oxygen atoms in total. The molecule has 154 valence electrons. The van der Waals surface area contributed by atoms with Crippen molar-refractivity contribution in [2.75, 3.05) is 6.54 Å². The van der Waals surface area contributed by atoms with Crippen LogP contribution in [-0.2, 0) is 4.43 Å². The van der Waals surface area contributed by atoms with Gasteiger partial charge in [0.15, 0.2) is 8.32 Å². The lowest BCUT2D eigenvalue weighted by atomic mass is 9.81. The number of benzene rings is 1. The van der Waals surface area contributed by atoms with Gasteiger partial charge in [0.2, 0.25) is 0 Å². The molecule has 3 atom stereocenters. The fraction of sp³-hybridized carbons (Fsp3) is 0.727. The summed E-state index contributed by atoms with van der Waals surface area (Å²) in [6, 6.07) is 8.71. The zero-order valence-electron chi connectivity index (χ0n) is 17.9. The minimum absolute atomic E-state index is 0.202. The van der Waals surface area contributed by atoms with Crippen LogP contribution in [0.15, 0.2) is 28.7 Å². The summed E-state index contributed by atoms with van der Waals surface area (Å²) in [6.45, 7) is 14.5. The fourth-order valence-electron chi connectivity index (χ4n) is 3.60. The second-order valence-corrected chi connectivity index (χ2v) is 15.5. The Morgan fingerprint density at radius 2 is 1.93 bits per heavy atom. The van der Waals surface area contributed by atoms with E-state index < -0.39 is 13.9 Å². The highest BCUT2D eigenvalue weighted by molar-refractivity contribution is 9.10. The van der Waals surface area contributed by atoms with Crippen LogP contribution >= 0.6 is 15.9 Å². The molecule has 0 spiro atoms. The van der Waals surface area contributed by atoms with Crippen LogP contribution in [-0.4, -0.2) is 31.7 Å². The van der Waals surface area contributed by atoms with Crippen molar-refractivity contribution in [2.24, 2.45) is 0 Å². The molecule has 1 aromatic carbocycles. The molecule has 27 heavy (non-hydrogen) atoms. The highest BCUT2D eigenvalue weighted by atomic mass is 79.9. The van der Waals surface area contributed by atoms with Gasteiger partial charge in [-0.25, -0.2) is 0 Å². The van der Waals surface area contributed by atoms with Crippen LogP contribution in [0, 0.1) is 0 Å². The first-order valence-corrected chi connectivity index (χ1v) is 14.0. The average Bonchev–Trinajstić information content (AvgIpc) is 2.53. The zero-order chi connectivity index (χ0) is 20.3. The van der Waals surface area contributed by atoms with Crippen LogP contribution < -0.4 is 5.32 Å². The van der Waals surface area contributed by atoms with Crippen LogP contribution in [0.5, 0.6) is 0 Å². The summed E-state index contributed by atoms with van der Waals surface area (Å²) in [6.07, 6.45) is 4.78. The quantitative estimate of drug-likeness (QED) is 0.481. The summed E-state index contributed by atoms with van der Waals surface area (Å²) >= 11 is 3.48. The maximum Gasteiger partial charge on any atom is 0.192 e. The topological polar surface area (TPSA) is 41.5 Å². The molecule has 0 bridgehead atoms. The molecule has 0 aromatic heterocycles. The van der Waals surface area contributed by atoms with Crippen LogP contribution in [0.4, 0.5) is 0 Å². The molecular weight excluding hydrogens is 418 g/mol. The molecule has 1 saturated carbocycles. The molecule has 2 N–H and O–H groups in total. The lowest BCUT2D eigenvalue weighted by Gasteiger charge is -2.44. The molecule has 1 aliphatic carbocycles. The molecule has 1 aromatic rings. The molecule has 0 aliphatic heterocycles. The molecule has 0 unspecified atom stereocenters. The molecule has 0 radical (unpaired) electrons. The highest BCUT2D eigenvalue weighted by Crippen LogP contribution is 2.41. The largest absolute Gasteiger partial charge is 0.414 e. The summed E-state index contributed by atoms with van der Waals surface area (Å²) < 4.78 is 7.70. The van der Waals surface area contributed by atoms with Crippen molar-refractivity contribution >= 4 is 24.2 Å². The number of aliphatic hydroxyl groups is 1. The summed E-state index contributed by atoms with van der Waals surface area (Å²) in [5.74, 6) is 0. The van der Waals surface area contributed by atoms with E-state index in [9.17, 15) is 5.11 Å². The monoisotopic (exact) mass is 455 g/mol. The van der Waals surface area contributed by atoms with Crippen molar-refractivity contribution < 1.29 is 9.53 Å². The Balaban J connectivity index is 1.85. The lowest BCUT2D eigenvalue weighted by Crippen LogP contribution is -2.48. The molecule has 1 aliphatic rings. The Morgan fingerprint density at radius 1 is 1.30 bits per heavy atom. The van der Waals surface area contributed by atoms with Gasteiger partial charge in [-0.15, -0.1) is 0 Å². The van der Waals surface area contributed by atoms with Gasteiger partial charge in [0.05, 0.1) is 5.60 Å². The van der Waals surface area contributed by atoms with Gasteiger partial charge < -0.3 is 14.8 Å². The van der Waals surface area contributed by atoms with Crippen LogP contribution in [0.3, 0.4) is 0 Å². The van der Waals surface area contributed by atoms with E-state index in [-0.39, 0.29) is 17.2 Å². The van der Waals surface area contributed by atoms with Crippen molar-refractivity contribution in [3.8, 4) is 0 Å². The third kappa shape index (κ3) is 6.67. The van der Waals surface area contributed by atoms with Gasteiger partial charge in [-0.05, 0) is 75.0 Å². The Hall–Kier alpha value is -0.203. The van der Waals surface area contributed by atoms with Gasteiger partial charge in [0.1, 0.15) is 0 Å². The fourth-order valence-corrected chi connectivity index (χ4v) is 5.25. The smallest absolute Gasteiger partial charge is 0.192 e. The van der Waals surface area contributed by atoms with Gasteiger partial charge in [0, 0.05) is 23.0 Å². The SMILES string of the molecule is C[C@H](NCC[C@@]1(O)CCC[C@H](O[Si](C)(C)C(C)(C)C)C1)c1ccc(Br)cc1. The Bertz CT molecular complexity index is 599. The Morgan fingerprint density at radius 3 is 2.52 bits per heavy atom. The van der Waals surface area contributed by atoms with E-state index in [4.69, 9.17) is 4.43 Å². The van der Waals surface area contributed by atoms with Gasteiger partial charge in [-0.3, -0.25) is 0 Å². The Kier molecular flexibility index (Phi) is 7.76. The van der Waals surface area contributed by atoms with E-state index in [2.05, 4.69) is 86.3 Å². The second-order valence-electron chi connectivity index (χ2n) is 9.80. The van der Waals surface area contributed by atoms with E-state index in [1.807, 2.05) is 0 Å². The van der Waals surface area contributed by atoms with Crippen molar-refractivity contribution in [3.05, 3.63) is 34.3 Å². The van der Waals surface area contributed by atoms with E-state index in [1.54, 1.807) is 0 Å². The van der Waals surface area contributed by atoms with Crippen molar-refractivity contribution in [2.45, 2.75) is 95.7 Å². The lowest BCUT2D eigenvalue weighted by molar-refractivity contribution is -0.0464. The van der Waals surface area contributed by atoms with E-state index >= 15 is 0 Å². The van der Waals surface area contributed by atoms with Gasteiger partial charge >= 0.3 is 0 Å². The molecule has 0 heterocycles. The number of hydrogen-bond acceptors (Lipinski definition) is 3. The maximum absolute atomic E-state index is 11.2. The second kappa shape index (κ2) is 9.08. The average molecular weight is 457 g/mol. The van der Waals surface area contributed by atoms with Crippen molar-refractivity contribution in [1.29, 1.82) is 0 Å². The molecule has 0 amide bonds. The molecular formula is C22H38BrNO2Si. The van der Waals surface area contributed by atoms with E-state index in [0.29, 0.717) is 0 Å². The summed E-state index contributed by atoms with van der Waals surface area (Å²) in [7, 11) is -1.78.